The van der Waals surface area contributed by atoms with Gasteiger partial charge in [0, 0.05) is 11.1 Å². The Balaban J connectivity index is 2.88. The van der Waals surface area contributed by atoms with Gasteiger partial charge in [0.2, 0.25) is 0 Å². The van der Waals surface area contributed by atoms with E-state index in [0.29, 0.717) is 0 Å². The quantitative estimate of drug-likeness (QED) is 0.532. The van der Waals surface area contributed by atoms with E-state index in [1.54, 1.807) is 0 Å². The number of aliphatic carboxylic acids is 1. The van der Waals surface area contributed by atoms with Crippen molar-refractivity contribution in [2.75, 3.05) is 6.54 Å². The van der Waals surface area contributed by atoms with Crippen LogP contribution in [-0.4, -0.2) is 39.7 Å². The minimum Gasteiger partial charge on any atom is -0.479 e. The van der Waals surface area contributed by atoms with Gasteiger partial charge in [-0.25, -0.2) is 4.79 Å². The second-order valence-corrected chi connectivity index (χ2v) is 3.92. The van der Waals surface area contributed by atoms with Crippen LogP contribution in [0.5, 0.6) is 0 Å². The Labute approximate surface area is 111 Å². The van der Waals surface area contributed by atoms with Gasteiger partial charge in [-0.15, -0.1) is 0 Å². The summed E-state index contributed by atoms with van der Waals surface area (Å²) in [5.41, 5.74) is -0.776. The van der Waals surface area contributed by atoms with Crippen molar-refractivity contribution in [2.24, 2.45) is 0 Å². The van der Waals surface area contributed by atoms with Crippen LogP contribution in [-0.2, 0) is 4.79 Å². The number of nitrogens with zero attached hydrogens (tertiary/aromatic N) is 1. The molecule has 0 fully saturated rings. The predicted molar refractivity (Wildman–Crippen MR) is 64.1 cm³/mol. The summed E-state index contributed by atoms with van der Waals surface area (Å²) in [5, 5.41) is 30.3. The zero-order valence-electron chi connectivity index (χ0n) is 9.37. The highest BCUT2D eigenvalue weighted by Crippen LogP contribution is 2.22. The number of nitrogens with one attached hydrogen (secondary N) is 1. The van der Waals surface area contributed by atoms with Crippen molar-refractivity contribution in [3.8, 4) is 0 Å². The van der Waals surface area contributed by atoms with Crippen molar-refractivity contribution in [3.63, 3.8) is 0 Å². The molecule has 0 unspecified atom stereocenters. The highest BCUT2D eigenvalue weighted by molar-refractivity contribution is 6.31. The first kappa shape index (κ1) is 14.9. The lowest BCUT2D eigenvalue weighted by molar-refractivity contribution is -0.385. The second kappa shape index (κ2) is 6.12. The number of rotatable bonds is 5. The topological polar surface area (TPSA) is 130 Å². The van der Waals surface area contributed by atoms with E-state index in [9.17, 15) is 19.7 Å². The highest BCUT2D eigenvalue weighted by Gasteiger charge is 2.22. The van der Waals surface area contributed by atoms with E-state index < -0.39 is 35.1 Å². The Kier molecular flexibility index (Phi) is 4.79. The highest BCUT2D eigenvalue weighted by atomic mass is 35.5. The number of aliphatic hydroxyl groups is 1. The minimum absolute atomic E-state index is 0.0915. The van der Waals surface area contributed by atoms with Crippen LogP contribution in [0.25, 0.3) is 0 Å². The lowest BCUT2D eigenvalue weighted by atomic mass is 10.1. The van der Waals surface area contributed by atoms with Gasteiger partial charge in [0.25, 0.3) is 11.6 Å². The zero-order valence-corrected chi connectivity index (χ0v) is 10.1. The molecule has 0 aliphatic rings. The predicted octanol–water partition coefficient (Wildman–Crippen LogP) is 0.424. The first-order valence-corrected chi connectivity index (χ1v) is 5.33. The van der Waals surface area contributed by atoms with Gasteiger partial charge in [-0.05, 0) is 12.1 Å². The molecule has 1 amide bonds. The SMILES string of the molecule is O=C(NC[C@H](O)C(=O)O)c1ccc(Cl)cc1[N+](=O)[O-]. The number of benzene rings is 1. The van der Waals surface area contributed by atoms with E-state index in [-0.39, 0.29) is 10.6 Å². The van der Waals surface area contributed by atoms with Crippen LogP contribution in [0.3, 0.4) is 0 Å². The number of amides is 1. The van der Waals surface area contributed by atoms with Gasteiger partial charge in [0.1, 0.15) is 5.56 Å². The Morgan fingerprint density at radius 2 is 2.11 bits per heavy atom. The average molecular weight is 289 g/mol. The molecule has 9 heteroatoms. The molecule has 3 N–H and O–H groups in total. The summed E-state index contributed by atoms with van der Waals surface area (Å²) < 4.78 is 0. The van der Waals surface area contributed by atoms with Crippen molar-refractivity contribution >= 4 is 29.2 Å². The number of aliphatic hydroxyl groups excluding tert-OH is 1. The van der Waals surface area contributed by atoms with Gasteiger partial charge >= 0.3 is 5.97 Å². The Morgan fingerprint density at radius 1 is 1.47 bits per heavy atom. The Morgan fingerprint density at radius 3 is 2.63 bits per heavy atom. The number of hydrogen-bond donors (Lipinski definition) is 3. The van der Waals surface area contributed by atoms with Crippen LogP contribution < -0.4 is 5.32 Å². The number of hydrogen-bond acceptors (Lipinski definition) is 5. The smallest absolute Gasteiger partial charge is 0.334 e. The molecular formula is C10H9ClN2O6. The van der Waals surface area contributed by atoms with Crippen LogP contribution in [0.15, 0.2) is 18.2 Å². The molecule has 0 bridgehead atoms. The van der Waals surface area contributed by atoms with Crippen LogP contribution in [0, 0.1) is 10.1 Å². The van der Waals surface area contributed by atoms with Crippen LogP contribution in [0.2, 0.25) is 5.02 Å². The van der Waals surface area contributed by atoms with Gasteiger partial charge in [-0.1, -0.05) is 11.6 Å². The minimum atomic E-state index is -1.78. The maximum Gasteiger partial charge on any atom is 0.334 e. The number of carbonyl (C=O) groups excluding carboxylic acids is 1. The van der Waals surface area contributed by atoms with Crippen molar-refractivity contribution in [1.29, 1.82) is 0 Å². The zero-order chi connectivity index (χ0) is 14.6. The van der Waals surface area contributed by atoms with Gasteiger partial charge in [0.15, 0.2) is 6.10 Å². The van der Waals surface area contributed by atoms with E-state index in [1.165, 1.54) is 6.07 Å². The molecule has 0 saturated heterocycles. The van der Waals surface area contributed by atoms with Crippen molar-refractivity contribution < 1.29 is 24.7 Å². The van der Waals surface area contributed by atoms with Crippen LogP contribution in [0.4, 0.5) is 5.69 Å². The summed E-state index contributed by atoms with van der Waals surface area (Å²) in [5.74, 6) is -2.38. The van der Waals surface area contributed by atoms with E-state index >= 15 is 0 Å². The maximum atomic E-state index is 11.6. The fourth-order valence-corrected chi connectivity index (χ4v) is 1.39. The molecule has 1 aromatic rings. The summed E-state index contributed by atoms with van der Waals surface area (Å²) in [4.78, 5) is 32.0. The van der Waals surface area contributed by atoms with E-state index in [1.807, 2.05) is 0 Å². The third kappa shape index (κ3) is 3.90. The molecule has 1 aromatic carbocycles. The van der Waals surface area contributed by atoms with Crippen LogP contribution in [0.1, 0.15) is 10.4 Å². The first-order valence-electron chi connectivity index (χ1n) is 4.96. The number of halogens is 1. The molecule has 0 saturated carbocycles. The average Bonchev–Trinajstić information content (AvgIpc) is 2.35. The van der Waals surface area contributed by atoms with Crippen LogP contribution >= 0.6 is 11.6 Å². The second-order valence-electron chi connectivity index (χ2n) is 3.48. The van der Waals surface area contributed by atoms with E-state index in [4.69, 9.17) is 21.8 Å². The third-order valence-corrected chi connectivity index (χ3v) is 2.38. The fourth-order valence-electron chi connectivity index (χ4n) is 1.22. The summed E-state index contributed by atoms with van der Waals surface area (Å²) in [6.45, 7) is -0.562. The molecule has 0 heterocycles. The molecule has 102 valence electrons. The summed E-state index contributed by atoms with van der Waals surface area (Å²) >= 11 is 5.58. The Hall–Kier alpha value is -2.19. The molecule has 0 radical (unpaired) electrons. The van der Waals surface area contributed by atoms with Gasteiger partial charge in [-0.2, -0.15) is 0 Å². The molecule has 0 aliphatic carbocycles. The summed E-state index contributed by atoms with van der Waals surface area (Å²) in [6.07, 6.45) is -1.78. The largest absolute Gasteiger partial charge is 0.479 e. The Bertz CT molecular complexity index is 533. The molecule has 0 aliphatic heterocycles. The molecule has 1 rings (SSSR count). The lowest BCUT2D eigenvalue weighted by Gasteiger charge is -2.08. The molecular weight excluding hydrogens is 280 g/mol. The van der Waals surface area contributed by atoms with E-state index in [0.717, 1.165) is 12.1 Å². The summed E-state index contributed by atoms with van der Waals surface area (Å²) in [7, 11) is 0. The van der Waals surface area contributed by atoms with Gasteiger partial charge in [-0.3, -0.25) is 14.9 Å². The summed E-state index contributed by atoms with van der Waals surface area (Å²) in [6, 6.07) is 3.43. The van der Waals surface area contributed by atoms with Crippen molar-refractivity contribution in [3.05, 3.63) is 38.9 Å². The number of carboxylic acid groups (broad SMARTS) is 1. The van der Waals surface area contributed by atoms with Gasteiger partial charge in [0.05, 0.1) is 11.5 Å². The number of nitro benzene ring substituents is 1. The molecule has 8 nitrogen and oxygen atoms in total. The lowest BCUT2D eigenvalue weighted by Crippen LogP contribution is -2.36. The molecule has 0 aromatic heterocycles. The number of carboxylic acids is 1. The molecule has 0 spiro atoms. The first-order chi connectivity index (χ1) is 8.82. The number of carbonyl (C=O) groups is 2. The van der Waals surface area contributed by atoms with E-state index in [2.05, 4.69) is 5.32 Å². The third-order valence-electron chi connectivity index (χ3n) is 2.14. The van der Waals surface area contributed by atoms with Crippen molar-refractivity contribution in [2.45, 2.75) is 6.10 Å². The monoisotopic (exact) mass is 288 g/mol. The molecule has 19 heavy (non-hydrogen) atoms. The maximum absolute atomic E-state index is 11.6. The molecule has 1 atom stereocenters. The van der Waals surface area contributed by atoms with Crippen molar-refractivity contribution in [1.82, 2.24) is 5.32 Å². The van der Waals surface area contributed by atoms with Gasteiger partial charge < -0.3 is 15.5 Å². The fraction of sp³-hybridized carbons (Fsp3) is 0.200. The normalized spacial score (nSPS) is 11.7. The number of nitro groups is 1. The standard InChI is InChI=1S/C10H9ClN2O6/c11-5-1-2-6(7(3-5)13(18)19)9(15)12-4-8(14)10(16)17/h1-3,8,14H,4H2,(H,12,15)(H,16,17)/t8-/m0/s1.